The lowest BCUT2D eigenvalue weighted by atomic mass is 10.2. The van der Waals surface area contributed by atoms with Crippen molar-refractivity contribution in [3.8, 4) is 0 Å². The zero-order valence-corrected chi connectivity index (χ0v) is 14.3. The lowest BCUT2D eigenvalue weighted by molar-refractivity contribution is -0.144. The Hall–Kier alpha value is -1.18. The summed E-state index contributed by atoms with van der Waals surface area (Å²) in [7, 11) is 1.19. The van der Waals surface area contributed by atoms with Crippen LogP contribution in [0.5, 0.6) is 0 Å². The minimum atomic E-state index is -1.76. The fourth-order valence-corrected chi connectivity index (χ4v) is 1.44. The van der Waals surface area contributed by atoms with E-state index < -0.39 is 40.5 Å². The number of hydrogen-bond acceptors (Lipinski definition) is 5. The number of carbonyl (C=O) groups is 3. The number of alkyl halides is 3. The molecule has 126 valence electrons. The van der Waals surface area contributed by atoms with Crippen molar-refractivity contribution >= 4 is 52.8 Å². The summed E-state index contributed by atoms with van der Waals surface area (Å²) in [5, 5.41) is 4.66. The van der Waals surface area contributed by atoms with E-state index in [0.717, 1.165) is 0 Å². The van der Waals surface area contributed by atoms with Gasteiger partial charge in [-0.05, 0) is 13.3 Å². The summed E-state index contributed by atoms with van der Waals surface area (Å²) >= 11 is 16.3. The van der Waals surface area contributed by atoms with Crippen LogP contribution in [0.4, 0.5) is 4.79 Å². The highest BCUT2D eigenvalue weighted by Crippen LogP contribution is 2.25. The number of ether oxygens (including phenoxy) is 2. The predicted molar refractivity (Wildman–Crippen MR) is 83.0 cm³/mol. The Balaban J connectivity index is 4.58. The minimum absolute atomic E-state index is 0.114. The third-order valence-corrected chi connectivity index (χ3v) is 2.62. The van der Waals surface area contributed by atoms with Crippen LogP contribution in [-0.4, -0.2) is 47.6 Å². The lowest BCUT2D eigenvalue weighted by Gasteiger charge is -2.20. The van der Waals surface area contributed by atoms with E-state index in [1.807, 2.05) is 0 Å². The zero-order chi connectivity index (χ0) is 17.3. The fourth-order valence-electron chi connectivity index (χ4n) is 1.28. The van der Waals surface area contributed by atoms with E-state index >= 15 is 0 Å². The van der Waals surface area contributed by atoms with Crippen molar-refractivity contribution in [3.05, 3.63) is 12.7 Å². The van der Waals surface area contributed by atoms with Crippen molar-refractivity contribution in [1.29, 1.82) is 0 Å². The van der Waals surface area contributed by atoms with Crippen LogP contribution >= 0.6 is 34.8 Å². The summed E-state index contributed by atoms with van der Waals surface area (Å²) in [4.78, 5) is 34.8. The second-order valence-corrected chi connectivity index (χ2v) is 6.68. The summed E-state index contributed by atoms with van der Waals surface area (Å²) in [5.41, 5.74) is 0. The second-order valence-electron chi connectivity index (χ2n) is 4.17. The second kappa shape index (κ2) is 9.76. The molecule has 10 heteroatoms. The van der Waals surface area contributed by atoms with E-state index in [-0.39, 0.29) is 6.42 Å². The van der Waals surface area contributed by atoms with Crippen LogP contribution < -0.4 is 10.6 Å². The Morgan fingerprint density at radius 3 is 2.32 bits per heavy atom. The van der Waals surface area contributed by atoms with E-state index in [2.05, 4.69) is 26.7 Å². The molecule has 0 aromatic heterocycles. The molecule has 0 saturated heterocycles. The van der Waals surface area contributed by atoms with Crippen LogP contribution in [0.3, 0.4) is 0 Å². The van der Waals surface area contributed by atoms with Crippen molar-refractivity contribution in [2.45, 2.75) is 29.2 Å². The van der Waals surface area contributed by atoms with Gasteiger partial charge in [0.05, 0.1) is 7.11 Å². The van der Waals surface area contributed by atoms with Gasteiger partial charge in [0, 0.05) is 0 Å². The molecule has 0 aromatic carbocycles. The van der Waals surface area contributed by atoms with E-state index in [9.17, 15) is 14.4 Å². The van der Waals surface area contributed by atoms with Crippen LogP contribution in [0.25, 0.3) is 0 Å². The molecule has 0 aliphatic carbocycles. The molecular weight excluding hydrogens is 359 g/mol. The third kappa shape index (κ3) is 8.96. The van der Waals surface area contributed by atoms with Gasteiger partial charge in [-0.15, -0.1) is 6.58 Å². The molecule has 0 aliphatic heterocycles. The molecule has 22 heavy (non-hydrogen) atoms. The first-order valence-electron chi connectivity index (χ1n) is 6.09. The number of rotatable bonds is 7. The number of nitrogens with one attached hydrogen (secondary N) is 2. The molecule has 0 radical (unpaired) electrons. The normalized spacial score (nSPS) is 13.5. The molecule has 0 unspecified atom stereocenters. The molecule has 0 heterocycles. The first kappa shape index (κ1) is 20.8. The summed E-state index contributed by atoms with van der Waals surface area (Å²) in [6, 6.07) is -1.86. The number of amides is 2. The SMILES string of the molecule is C=CC[C@H](NC(=O)OCC(Cl)(Cl)Cl)C(=O)N[C@H](C)C(=O)OC. The number of alkyl carbamates (subject to hydrolysis) is 1. The third-order valence-electron chi connectivity index (χ3n) is 2.29. The predicted octanol–water partition coefficient (Wildman–Crippen LogP) is 1.71. The molecule has 0 fully saturated rings. The van der Waals surface area contributed by atoms with Gasteiger partial charge in [0.1, 0.15) is 18.7 Å². The number of methoxy groups -OCH3 is 1. The van der Waals surface area contributed by atoms with E-state index in [1.165, 1.54) is 20.1 Å². The van der Waals surface area contributed by atoms with Gasteiger partial charge in [0.2, 0.25) is 9.70 Å². The van der Waals surface area contributed by atoms with Gasteiger partial charge in [-0.25, -0.2) is 9.59 Å². The molecule has 7 nitrogen and oxygen atoms in total. The quantitative estimate of drug-likeness (QED) is 0.401. The van der Waals surface area contributed by atoms with Gasteiger partial charge in [-0.1, -0.05) is 40.9 Å². The summed E-state index contributed by atoms with van der Waals surface area (Å²) in [6.07, 6.45) is 0.587. The Labute approximate surface area is 143 Å². The van der Waals surface area contributed by atoms with Crippen LogP contribution in [-0.2, 0) is 19.1 Å². The van der Waals surface area contributed by atoms with Crippen LogP contribution in [0.2, 0.25) is 0 Å². The maximum absolute atomic E-state index is 12.0. The number of halogens is 3. The van der Waals surface area contributed by atoms with Gasteiger partial charge >= 0.3 is 12.1 Å². The molecule has 2 N–H and O–H groups in total. The highest BCUT2D eigenvalue weighted by Gasteiger charge is 2.26. The topological polar surface area (TPSA) is 93.7 Å². The van der Waals surface area contributed by atoms with Crippen molar-refractivity contribution in [2.24, 2.45) is 0 Å². The molecule has 0 saturated carbocycles. The number of carbonyl (C=O) groups excluding carboxylic acids is 3. The monoisotopic (exact) mass is 374 g/mol. The van der Waals surface area contributed by atoms with Crippen LogP contribution in [0.1, 0.15) is 13.3 Å². The maximum Gasteiger partial charge on any atom is 0.407 e. The Kier molecular flexibility index (Phi) is 9.24. The fraction of sp³-hybridized carbons (Fsp3) is 0.583. The van der Waals surface area contributed by atoms with Gasteiger partial charge in [-0.3, -0.25) is 4.79 Å². The smallest absolute Gasteiger partial charge is 0.407 e. The molecule has 2 amide bonds. The standard InChI is InChI=1S/C12H17Cl3N2O5/c1-4-5-8(9(18)16-7(2)10(19)21-3)17-11(20)22-6-12(13,14)15/h4,7-8H,1,5-6H2,2-3H3,(H,16,18)(H,17,20)/t7-,8+/m1/s1. The molecule has 0 bridgehead atoms. The van der Waals surface area contributed by atoms with Gasteiger partial charge in [0.15, 0.2) is 0 Å². The zero-order valence-electron chi connectivity index (χ0n) is 12.0. The lowest BCUT2D eigenvalue weighted by Crippen LogP contribution is -2.51. The maximum atomic E-state index is 12.0. The van der Waals surface area contributed by atoms with E-state index in [0.29, 0.717) is 0 Å². The molecule has 0 spiro atoms. The van der Waals surface area contributed by atoms with Gasteiger partial charge in [0.25, 0.3) is 0 Å². The largest absolute Gasteiger partial charge is 0.467 e. The van der Waals surface area contributed by atoms with Crippen molar-refractivity contribution in [3.63, 3.8) is 0 Å². The highest BCUT2D eigenvalue weighted by atomic mass is 35.6. The van der Waals surface area contributed by atoms with Crippen molar-refractivity contribution < 1.29 is 23.9 Å². The average molecular weight is 376 g/mol. The van der Waals surface area contributed by atoms with Crippen LogP contribution in [0.15, 0.2) is 12.7 Å². The first-order valence-corrected chi connectivity index (χ1v) is 7.23. The van der Waals surface area contributed by atoms with Gasteiger partial charge < -0.3 is 20.1 Å². The molecule has 0 aromatic rings. The summed E-state index contributed by atoms with van der Waals surface area (Å²) in [5.74, 6) is -1.23. The molecule has 2 atom stereocenters. The average Bonchev–Trinajstić information content (AvgIpc) is 2.42. The molecular formula is C12H17Cl3N2O5. The van der Waals surface area contributed by atoms with E-state index in [4.69, 9.17) is 34.8 Å². The number of hydrogen-bond donors (Lipinski definition) is 2. The first-order chi connectivity index (χ1) is 10.1. The van der Waals surface area contributed by atoms with Crippen molar-refractivity contribution in [1.82, 2.24) is 10.6 Å². The Bertz CT molecular complexity index is 425. The summed E-state index contributed by atoms with van der Waals surface area (Å²) in [6.45, 7) is 4.44. The van der Waals surface area contributed by atoms with E-state index in [1.54, 1.807) is 0 Å². The number of esters is 1. The van der Waals surface area contributed by atoms with Crippen LogP contribution in [0, 0.1) is 0 Å². The summed E-state index contributed by atoms with van der Waals surface area (Å²) < 4.78 is 7.38. The Morgan fingerprint density at radius 2 is 1.86 bits per heavy atom. The Morgan fingerprint density at radius 1 is 1.27 bits per heavy atom. The highest BCUT2D eigenvalue weighted by molar-refractivity contribution is 6.67. The van der Waals surface area contributed by atoms with Gasteiger partial charge in [-0.2, -0.15) is 0 Å². The van der Waals surface area contributed by atoms with Crippen molar-refractivity contribution in [2.75, 3.05) is 13.7 Å². The minimum Gasteiger partial charge on any atom is -0.467 e. The molecule has 0 aliphatic rings. The molecule has 0 rings (SSSR count).